The molecule has 1 aromatic heterocycles. The number of alkyl halides is 1. The molecule has 2 unspecified atom stereocenters. The summed E-state index contributed by atoms with van der Waals surface area (Å²) < 4.78 is 29.3. The largest absolute Gasteiger partial charge is 0.347 e. The van der Waals surface area contributed by atoms with Gasteiger partial charge in [0.25, 0.3) is 5.91 Å². The van der Waals surface area contributed by atoms with Crippen molar-refractivity contribution in [3.05, 3.63) is 77.9 Å². The summed E-state index contributed by atoms with van der Waals surface area (Å²) in [5.41, 5.74) is 1.10. The van der Waals surface area contributed by atoms with Crippen LogP contribution < -0.4 is 10.6 Å². The van der Waals surface area contributed by atoms with Crippen LogP contribution >= 0.6 is 0 Å². The maximum Gasteiger partial charge on any atom is 0.322 e. The SMILES string of the molecule is O=C(NCc1ccccc1)c1cn(CC2CC(F)CN2C(=O)Nc2ccccc2F)nn1. The third-order valence-electron chi connectivity index (χ3n) is 5.20. The van der Waals surface area contributed by atoms with Gasteiger partial charge in [-0.1, -0.05) is 47.7 Å². The van der Waals surface area contributed by atoms with Crippen molar-refractivity contribution in [3.63, 3.8) is 0 Å². The third kappa shape index (κ3) is 5.08. The number of aromatic nitrogens is 3. The van der Waals surface area contributed by atoms with Crippen molar-refractivity contribution in [1.82, 2.24) is 25.2 Å². The van der Waals surface area contributed by atoms with Gasteiger partial charge in [-0.25, -0.2) is 18.3 Å². The Balaban J connectivity index is 1.37. The number of carbonyl (C=O) groups is 2. The van der Waals surface area contributed by atoms with Gasteiger partial charge < -0.3 is 15.5 Å². The molecule has 2 N–H and O–H groups in total. The minimum Gasteiger partial charge on any atom is -0.347 e. The van der Waals surface area contributed by atoms with Gasteiger partial charge in [0.2, 0.25) is 0 Å². The van der Waals surface area contributed by atoms with E-state index >= 15 is 0 Å². The van der Waals surface area contributed by atoms with E-state index in [0.29, 0.717) is 6.54 Å². The van der Waals surface area contributed by atoms with Crippen LogP contribution in [-0.4, -0.2) is 50.6 Å². The molecule has 0 aliphatic carbocycles. The van der Waals surface area contributed by atoms with E-state index in [1.165, 1.54) is 34.0 Å². The van der Waals surface area contributed by atoms with Crippen LogP contribution in [0.3, 0.4) is 0 Å². The fourth-order valence-electron chi connectivity index (χ4n) is 3.61. The Morgan fingerprint density at radius 1 is 1.09 bits per heavy atom. The van der Waals surface area contributed by atoms with Gasteiger partial charge in [-0.3, -0.25) is 4.79 Å². The number of urea groups is 1. The summed E-state index contributed by atoms with van der Waals surface area (Å²) in [6.45, 7) is 0.400. The molecule has 2 aromatic carbocycles. The smallest absolute Gasteiger partial charge is 0.322 e. The maximum atomic E-state index is 14.1. The summed E-state index contributed by atoms with van der Waals surface area (Å²) in [6, 6.07) is 14.1. The van der Waals surface area contributed by atoms with Crippen LogP contribution in [0.25, 0.3) is 0 Å². The average molecular weight is 440 g/mol. The number of rotatable bonds is 6. The molecule has 166 valence electrons. The van der Waals surface area contributed by atoms with Crippen LogP contribution in [0.5, 0.6) is 0 Å². The van der Waals surface area contributed by atoms with Crippen molar-refractivity contribution >= 4 is 17.6 Å². The minimum absolute atomic E-state index is 0.0247. The molecule has 1 aliphatic heterocycles. The van der Waals surface area contributed by atoms with Crippen LogP contribution in [0.2, 0.25) is 0 Å². The number of nitrogens with zero attached hydrogens (tertiary/aromatic N) is 4. The van der Waals surface area contributed by atoms with E-state index in [2.05, 4.69) is 20.9 Å². The fraction of sp³-hybridized carbons (Fsp3) is 0.273. The molecule has 1 aliphatic rings. The van der Waals surface area contributed by atoms with E-state index in [1.807, 2.05) is 30.3 Å². The zero-order valence-corrected chi connectivity index (χ0v) is 17.1. The van der Waals surface area contributed by atoms with E-state index in [0.717, 1.165) is 5.56 Å². The number of anilines is 1. The highest BCUT2D eigenvalue weighted by Crippen LogP contribution is 2.23. The second-order valence-electron chi connectivity index (χ2n) is 7.54. The number of para-hydroxylation sites is 1. The van der Waals surface area contributed by atoms with Gasteiger partial charge in [-0.05, 0) is 17.7 Å². The second kappa shape index (κ2) is 9.54. The Hall–Kier alpha value is -3.82. The lowest BCUT2D eigenvalue weighted by Gasteiger charge is -2.24. The molecule has 8 nitrogen and oxygen atoms in total. The standard InChI is InChI=1S/C22H22F2N6O2/c23-16-10-17(30(12-16)22(32)26-19-9-5-4-8-18(19)24)13-29-14-20(27-28-29)21(31)25-11-15-6-2-1-3-7-15/h1-9,14,16-17H,10-13H2,(H,25,31)(H,26,32). The number of likely N-dealkylation sites (tertiary alicyclic amines) is 1. The number of hydrogen-bond acceptors (Lipinski definition) is 4. The Morgan fingerprint density at radius 3 is 2.62 bits per heavy atom. The number of hydrogen-bond donors (Lipinski definition) is 2. The summed E-state index contributed by atoms with van der Waals surface area (Å²) in [4.78, 5) is 26.3. The van der Waals surface area contributed by atoms with Crippen LogP contribution in [0.1, 0.15) is 22.5 Å². The molecular formula is C22H22F2N6O2. The van der Waals surface area contributed by atoms with Crippen molar-refractivity contribution < 1.29 is 18.4 Å². The van der Waals surface area contributed by atoms with Gasteiger partial charge in [0.1, 0.15) is 12.0 Å². The van der Waals surface area contributed by atoms with Gasteiger partial charge in [-0.15, -0.1) is 5.10 Å². The van der Waals surface area contributed by atoms with Crippen molar-refractivity contribution in [2.45, 2.75) is 31.7 Å². The van der Waals surface area contributed by atoms with Crippen molar-refractivity contribution in [2.24, 2.45) is 0 Å². The predicted octanol–water partition coefficient (Wildman–Crippen LogP) is 2.99. The normalized spacial score (nSPS) is 17.9. The highest BCUT2D eigenvalue weighted by atomic mass is 19.1. The van der Waals surface area contributed by atoms with E-state index in [-0.39, 0.29) is 36.8 Å². The second-order valence-corrected chi connectivity index (χ2v) is 7.54. The lowest BCUT2D eigenvalue weighted by atomic mass is 10.2. The molecule has 1 saturated heterocycles. The molecule has 32 heavy (non-hydrogen) atoms. The molecule has 0 radical (unpaired) electrons. The maximum absolute atomic E-state index is 14.1. The first-order valence-electron chi connectivity index (χ1n) is 10.2. The summed E-state index contributed by atoms with van der Waals surface area (Å²) in [5, 5.41) is 13.1. The predicted molar refractivity (Wildman–Crippen MR) is 113 cm³/mol. The molecule has 10 heteroatoms. The van der Waals surface area contributed by atoms with Crippen LogP contribution in [0.15, 0.2) is 60.8 Å². The van der Waals surface area contributed by atoms with Crippen molar-refractivity contribution in [1.29, 1.82) is 0 Å². The minimum atomic E-state index is -1.21. The zero-order chi connectivity index (χ0) is 22.5. The summed E-state index contributed by atoms with van der Waals surface area (Å²) in [5.74, 6) is -0.958. The molecule has 3 aromatic rings. The lowest BCUT2D eigenvalue weighted by Crippen LogP contribution is -2.41. The molecular weight excluding hydrogens is 418 g/mol. The van der Waals surface area contributed by atoms with E-state index < -0.39 is 24.1 Å². The Morgan fingerprint density at radius 2 is 1.84 bits per heavy atom. The van der Waals surface area contributed by atoms with E-state index in [1.54, 1.807) is 6.07 Å². The van der Waals surface area contributed by atoms with Gasteiger partial charge in [-0.2, -0.15) is 0 Å². The first-order valence-corrected chi connectivity index (χ1v) is 10.2. The Kier molecular flexibility index (Phi) is 6.39. The third-order valence-corrected chi connectivity index (χ3v) is 5.20. The number of carbonyl (C=O) groups excluding carboxylic acids is 2. The average Bonchev–Trinajstić information content (AvgIpc) is 3.41. The molecule has 0 spiro atoms. The highest BCUT2D eigenvalue weighted by molar-refractivity contribution is 5.91. The summed E-state index contributed by atoms with van der Waals surface area (Å²) in [6.07, 6.45) is 0.363. The number of halogens is 2. The quantitative estimate of drug-likeness (QED) is 0.617. The highest BCUT2D eigenvalue weighted by Gasteiger charge is 2.36. The van der Waals surface area contributed by atoms with Crippen LogP contribution in [-0.2, 0) is 13.1 Å². The van der Waals surface area contributed by atoms with Crippen LogP contribution in [0, 0.1) is 5.82 Å². The number of benzene rings is 2. The topological polar surface area (TPSA) is 92.2 Å². The lowest BCUT2D eigenvalue weighted by molar-refractivity contribution is 0.0945. The van der Waals surface area contributed by atoms with E-state index in [9.17, 15) is 18.4 Å². The Bertz CT molecular complexity index is 1090. The monoisotopic (exact) mass is 440 g/mol. The summed E-state index contributed by atoms with van der Waals surface area (Å²) in [7, 11) is 0. The van der Waals surface area contributed by atoms with E-state index in [4.69, 9.17) is 0 Å². The fourth-order valence-corrected chi connectivity index (χ4v) is 3.61. The Labute approximate surface area is 183 Å². The molecule has 2 heterocycles. The van der Waals surface area contributed by atoms with Gasteiger partial charge in [0.05, 0.1) is 31.0 Å². The van der Waals surface area contributed by atoms with Crippen molar-refractivity contribution in [2.75, 3.05) is 11.9 Å². The first-order chi connectivity index (χ1) is 15.5. The molecule has 1 fully saturated rings. The summed E-state index contributed by atoms with van der Waals surface area (Å²) >= 11 is 0. The molecule has 2 atom stereocenters. The van der Waals surface area contributed by atoms with Crippen molar-refractivity contribution in [3.8, 4) is 0 Å². The molecule has 0 bridgehead atoms. The first kappa shape index (κ1) is 21.4. The van der Waals surface area contributed by atoms with Gasteiger partial charge in [0, 0.05) is 13.0 Å². The van der Waals surface area contributed by atoms with Crippen LogP contribution in [0.4, 0.5) is 19.3 Å². The number of nitrogens with one attached hydrogen (secondary N) is 2. The van der Waals surface area contributed by atoms with Gasteiger partial charge in [0.15, 0.2) is 5.69 Å². The molecule has 3 amide bonds. The molecule has 4 rings (SSSR count). The van der Waals surface area contributed by atoms with Gasteiger partial charge >= 0.3 is 6.03 Å². The number of amides is 3. The molecule has 0 saturated carbocycles. The zero-order valence-electron chi connectivity index (χ0n) is 17.1.